The van der Waals surface area contributed by atoms with Crippen LogP contribution in [0.2, 0.25) is 0 Å². The van der Waals surface area contributed by atoms with Crippen molar-refractivity contribution in [2.24, 2.45) is 0 Å². The molecule has 1 saturated heterocycles. The van der Waals surface area contributed by atoms with Crippen molar-refractivity contribution in [3.63, 3.8) is 0 Å². The number of aromatic nitrogens is 1. The van der Waals surface area contributed by atoms with Gasteiger partial charge in [0.15, 0.2) is 0 Å². The van der Waals surface area contributed by atoms with Crippen LogP contribution in [-0.2, 0) is 10.0 Å². The van der Waals surface area contributed by atoms with Crippen LogP contribution in [0.25, 0.3) is 0 Å². The lowest BCUT2D eigenvalue weighted by molar-refractivity contribution is 0.199. The molecule has 2 heterocycles. The van der Waals surface area contributed by atoms with Gasteiger partial charge in [0.05, 0.1) is 11.9 Å². The van der Waals surface area contributed by atoms with Crippen LogP contribution in [0.1, 0.15) is 19.8 Å². The van der Waals surface area contributed by atoms with Crippen molar-refractivity contribution in [1.82, 2.24) is 14.6 Å². The summed E-state index contributed by atoms with van der Waals surface area (Å²) in [7, 11) is -3.07. The average Bonchev–Trinajstić information content (AvgIpc) is 2.92. The molecule has 1 atom stereocenters. The molecule has 0 radical (unpaired) electrons. The number of nitrogens with zero attached hydrogens (tertiary/aromatic N) is 2. The van der Waals surface area contributed by atoms with Crippen LogP contribution < -0.4 is 9.46 Å². The van der Waals surface area contributed by atoms with Gasteiger partial charge in [-0.1, -0.05) is 0 Å². The molecular formula is C14H23N3O3S. The molecule has 0 bridgehead atoms. The van der Waals surface area contributed by atoms with E-state index >= 15 is 0 Å². The molecule has 1 N–H and O–H groups in total. The van der Waals surface area contributed by atoms with Gasteiger partial charge in [0.2, 0.25) is 10.0 Å². The minimum Gasteiger partial charge on any atom is -0.487 e. The molecule has 1 fully saturated rings. The number of nitrogens with one attached hydrogen (secondary N) is 1. The minimum absolute atomic E-state index is 0.137. The van der Waals surface area contributed by atoms with Gasteiger partial charge >= 0.3 is 0 Å². The standard InChI is InChI=1S/C14H23N3O3S/c1-2-21(18,19)16-8-4-9-17-10-6-14(12-17)20-13-5-3-7-15-11-13/h3,5,7,11,14,16H,2,4,6,8-10,12H2,1H3/t14-/m1/s1. The van der Waals surface area contributed by atoms with Crippen LogP contribution in [0.3, 0.4) is 0 Å². The third kappa shape index (κ3) is 5.61. The number of hydrogen-bond acceptors (Lipinski definition) is 5. The Bertz CT molecular complexity index is 522. The van der Waals surface area contributed by atoms with E-state index in [9.17, 15) is 8.42 Å². The van der Waals surface area contributed by atoms with Gasteiger partial charge in [0.1, 0.15) is 11.9 Å². The summed E-state index contributed by atoms with van der Waals surface area (Å²) >= 11 is 0. The fraction of sp³-hybridized carbons (Fsp3) is 0.643. The normalized spacial score (nSPS) is 19.8. The molecular weight excluding hydrogens is 290 g/mol. The first-order valence-electron chi connectivity index (χ1n) is 7.35. The van der Waals surface area contributed by atoms with Gasteiger partial charge in [-0.2, -0.15) is 0 Å². The largest absolute Gasteiger partial charge is 0.487 e. The van der Waals surface area contributed by atoms with Crippen molar-refractivity contribution >= 4 is 10.0 Å². The van der Waals surface area contributed by atoms with E-state index < -0.39 is 10.0 Å². The number of rotatable bonds is 8. The number of ether oxygens (including phenoxy) is 1. The summed E-state index contributed by atoms with van der Waals surface area (Å²) in [4.78, 5) is 6.34. The lowest BCUT2D eigenvalue weighted by atomic mass is 10.3. The summed E-state index contributed by atoms with van der Waals surface area (Å²) in [6.07, 6.45) is 5.46. The van der Waals surface area contributed by atoms with Crippen LogP contribution >= 0.6 is 0 Å². The first kappa shape index (κ1) is 16.2. The second-order valence-electron chi connectivity index (χ2n) is 5.17. The molecule has 0 amide bonds. The predicted molar refractivity (Wildman–Crippen MR) is 81.8 cm³/mol. The maximum Gasteiger partial charge on any atom is 0.211 e. The Morgan fingerprint density at radius 2 is 2.38 bits per heavy atom. The van der Waals surface area contributed by atoms with E-state index in [0.717, 1.165) is 38.2 Å². The van der Waals surface area contributed by atoms with Crippen molar-refractivity contribution in [1.29, 1.82) is 0 Å². The summed E-state index contributed by atoms with van der Waals surface area (Å²) in [5, 5.41) is 0. The molecule has 118 valence electrons. The van der Waals surface area contributed by atoms with E-state index in [0.29, 0.717) is 6.54 Å². The van der Waals surface area contributed by atoms with Gasteiger partial charge in [-0.3, -0.25) is 9.88 Å². The van der Waals surface area contributed by atoms with Crippen LogP contribution in [-0.4, -0.2) is 56.3 Å². The lowest BCUT2D eigenvalue weighted by Gasteiger charge is -2.16. The third-order valence-electron chi connectivity index (χ3n) is 3.52. The Balaban J connectivity index is 1.64. The molecule has 7 heteroatoms. The van der Waals surface area contributed by atoms with Crippen molar-refractivity contribution in [3.8, 4) is 5.75 Å². The highest BCUT2D eigenvalue weighted by Crippen LogP contribution is 2.17. The Hall–Kier alpha value is -1.18. The molecule has 0 unspecified atom stereocenters. The van der Waals surface area contributed by atoms with Crippen LogP contribution in [0.5, 0.6) is 5.75 Å². The maximum absolute atomic E-state index is 11.3. The second kappa shape index (κ2) is 7.72. The van der Waals surface area contributed by atoms with Gasteiger partial charge in [-0.15, -0.1) is 0 Å². The minimum atomic E-state index is -3.07. The lowest BCUT2D eigenvalue weighted by Crippen LogP contribution is -2.30. The fourth-order valence-corrected chi connectivity index (χ4v) is 3.00. The molecule has 21 heavy (non-hydrogen) atoms. The number of hydrogen-bond donors (Lipinski definition) is 1. The smallest absolute Gasteiger partial charge is 0.211 e. The Kier molecular flexibility index (Phi) is 5.96. The Morgan fingerprint density at radius 3 is 3.10 bits per heavy atom. The highest BCUT2D eigenvalue weighted by molar-refractivity contribution is 7.89. The van der Waals surface area contributed by atoms with E-state index in [4.69, 9.17) is 4.74 Å². The topological polar surface area (TPSA) is 71.5 Å². The zero-order valence-corrected chi connectivity index (χ0v) is 13.2. The Morgan fingerprint density at radius 1 is 1.52 bits per heavy atom. The molecule has 1 aliphatic heterocycles. The summed E-state index contributed by atoms with van der Waals surface area (Å²) in [5.41, 5.74) is 0. The van der Waals surface area contributed by atoms with Gasteiger partial charge in [0.25, 0.3) is 0 Å². The summed E-state index contributed by atoms with van der Waals surface area (Å²) in [6, 6.07) is 3.77. The van der Waals surface area contributed by atoms with Crippen molar-refractivity contribution in [3.05, 3.63) is 24.5 Å². The summed E-state index contributed by atoms with van der Waals surface area (Å²) < 4.78 is 31.1. The maximum atomic E-state index is 11.3. The third-order valence-corrected chi connectivity index (χ3v) is 4.92. The van der Waals surface area contributed by atoms with Crippen LogP contribution in [0, 0.1) is 0 Å². The first-order valence-corrected chi connectivity index (χ1v) is 9.00. The van der Waals surface area contributed by atoms with E-state index in [2.05, 4.69) is 14.6 Å². The monoisotopic (exact) mass is 313 g/mol. The molecule has 0 spiro atoms. The van der Waals surface area contributed by atoms with E-state index in [-0.39, 0.29) is 11.9 Å². The summed E-state index contributed by atoms with van der Waals surface area (Å²) in [6.45, 7) is 4.91. The highest BCUT2D eigenvalue weighted by atomic mass is 32.2. The summed E-state index contributed by atoms with van der Waals surface area (Å²) in [5.74, 6) is 0.942. The molecule has 1 aromatic rings. The van der Waals surface area contributed by atoms with E-state index in [1.807, 2.05) is 12.1 Å². The molecule has 0 aliphatic carbocycles. The fourth-order valence-electron chi connectivity index (χ4n) is 2.34. The molecule has 0 aromatic carbocycles. The second-order valence-corrected chi connectivity index (χ2v) is 7.26. The molecule has 2 rings (SSSR count). The number of pyridine rings is 1. The Labute approximate surface area is 126 Å². The number of sulfonamides is 1. The predicted octanol–water partition coefficient (Wildman–Crippen LogP) is 0.864. The van der Waals surface area contributed by atoms with E-state index in [1.54, 1.807) is 19.3 Å². The van der Waals surface area contributed by atoms with Crippen LogP contribution in [0.4, 0.5) is 0 Å². The molecule has 1 aromatic heterocycles. The van der Waals surface area contributed by atoms with Crippen LogP contribution in [0.15, 0.2) is 24.5 Å². The van der Waals surface area contributed by atoms with Gasteiger partial charge in [-0.05, 0) is 38.4 Å². The highest BCUT2D eigenvalue weighted by Gasteiger charge is 2.23. The van der Waals surface area contributed by atoms with Gasteiger partial charge in [-0.25, -0.2) is 13.1 Å². The zero-order valence-electron chi connectivity index (χ0n) is 12.4. The average molecular weight is 313 g/mol. The van der Waals surface area contributed by atoms with Gasteiger partial charge in [0, 0.05) is 25.8 Å². The quantitative estimate of drug-likeness (QED) is 0.721. The molecule has 6 nitrogen and oxygen atoms in total. The zero-order chi connectivity index (χ0) is 15.1. The van der Waals surface area contributed by atoms with Gasteiger partial charge < -0.3 is 4.74 Å². The first-order chi connectivity index (χ1) is 10.1. The van der Waals surface area contributed by atoms with Crippen molar-refractivity contribution in [2.45, 2.75) is 25.9 Å². The number of likely N-dealkylation sites (tertiary alicyclic amines) is 1. The van der Waals surface area contributed by atoms with Crippen molar-refractivity contribution in [2.75, 3.05) is 31.9 Å². The molecule has 1 aliphatic rings. The SMILES string of the molecule is CCS(=O)(=O)NCCCN1CC[C@@H](Oc2cccnc2)C1. The molecule has 0 saturated carbocycles. The van der Waals surface area contributed by atoms with Crippen molar-refractivity contribution < 1.29 is 13.2 Å². The van der Waals surface area contributed by atoms with E-state index in [1.165, 1.54) is 0 Å².